The van der Waals surface area contributed by atoms with Crippen LogP contribution in [0, 0.1) is 5.92 Å². The predicted octanol–water partition coefficient (Wildman–Crippen LogP) is 5.36. The average Bonchev–Trinajstić information content (AvgIpc) is 3.11. The molecule has 1 aliphatic heterocycles. The van der Waals surface area contributed by atoms with Crippen molar-refractivity contribution >= 4 is 28.0 Å². The van der Waals surface area contributed by atoms with E-state index in [1.54, 1.807) is 0 Å². The van der Waals surface area contributed by atoms with Crippen molar-refractivity contribution in [1.29, 1.82) is 0 Å². The van der Waals surface area contributed by atoms with Crippen LogP contribution in [0.1, 0.15) is 38.3 Å². The number of amides is 1. The van der Waals surface area contributed by atoms with E-state index in [-0.39, 0.29) is 18.5 Å². The maximum absolute atomic E-state index is 12.9. The molecular weight excluding hydrogens is 446 g/mol. The first-order valence-electron chi connectivity index (χ1n) is 10.2. The third kappa shape index (κ3) is 6.33. The van der Waals surface area contributed by atoms with E-state index >= 15 is 0 Å². The number of halogens is 1. The molecule has 160 valence electrons. The normalized spacial score (nSPS) is 18.9. The average molecular weight is 474 g/mol. The van der Waals surface area contributed by atoms with Gasteiger partial charge in [-0.1, -0.05) is 58.4 Å². The number of hydrogen-bond acceptors (Lipinski definition) is 4. The Morgan fingerprint density at radius 3 is 2.33 bits per heavy atom. The van der Waals surface area contributed by atoms with E-state index in [2.05, 4.69) is 28.1 Å². The highest BCUT2D eigenvalue weighted by atomic mass is 79.9. The molecule has 1 fully saturated rings. The van der Waals surface area contributed by atoms with Crippen LogP contribution in [0.3, 0.4) is 0 Å². The molecular formula is C24H28BrNO4. The topological polar surface area (TPSA) is 55.8 Å². The highest BCUT2D eigenvalue weighted by Gasteiger charge is 2.42. The van der Waals surface area contributed by atoms with Crippen molar-refractivity contribution in [1.82, 2.24) is 4.90 Å². The lowest BCUT2D eigenvalue weighted by Gasteiger charge is -2.27. The van der Waals surface area contributed by atoms with Crippen LogP contribution < -0.4 is 0 Å². The molecule has 5 nitrogen and oxygen atoms in total. The van der Waals surface area contributed by atoms with Crippen LogP contribution in [0.15, 0.2) is 59.1 Å². The van der Waals surface area contributed by atoms with E-state index in [9.17, 15) is 9.59 Å². The van der Waals surface area contributed by atoms with Crippen molar-refractivity contribution in [3.05, 3.63) is 70.2 Å². The van der Waals surface area contributed by atoms with Crippen LogP contribution in [0.4, 0.5) is 4.79 Å². The second kappa shape index (κ2) is 9.65. The molecule has 1 aliphatic rings. The largest absolute Gasteiger partial charge is 0.459 e. The number of carbonyl (C=O) groups is 2. The van der Waals surface area contributed by atoms with Crippen molar-refractivity contribution in [2.45, 2.75) is 51.9 Å². The smallest absolute Gasteiger partial charge is 0.411 e. The lowest BCUT2D eigenvalue weighted by atomic mass is 9.97. The van der Waals surface area contributed by atoms with Crippen LogP contribution in [0.25, 0.3) is 0 Å². The summed E-state index contributed by atoms with van der Waals surface area (Å²) in [5, 5.41) is 0. The lowest BCUT2D eigenvalue weighted by Crippen LogP contribution is -2.44. The Labute approximate surface area is 186 Å². The molecule has 1 saturated heterocycles. The van der Waals surface area contributed by atoms with Crippen LogP contribution in [0.5, 0.6) is 0 Å². The number of rotatable bonds is 5. The van der Waals surface area contributed by atoms with Crippen molar-refractivity contribution in [2.75, 3.05) is 6.54 Å². The summed E-state index contributed by atoms with van der Waals surface area (Å²) in [5.41, 5.74) is 1.46. The molecule has 0 bridgehead atoms. The summed E-state index contributed by atoms with van der Waals surface area (Å²) in [6.45, 7) is 6.13. The third-order valence-electron chi connectivity index (χ3n) is 4.95. The van der Waals surface area contributed by atoms with Gasteiger partial charge in [-0.2, -0.15) is 0 Å². The predicted molar refractivity (Wildman–Crippen MR) is 119 cm³/mol. The van der Waals surface area contributed by atoms with E-state index in [0.717, 1.165) is 16.5 Å². The van der Waals surface area contributed by atoms with Gasteiger partial charge in [-0.3, -0.25) is 4.90 Å². The second-order valence-electron chi connectivity index (χ2n) is 8.67. The standard InChI is InChI=1S/C24H28BrNO4/c1-24(2,3)30-23(28)26-15-19(13-17-9-11-20(25)12-10-17)14-21(26)22(27)29-16-18-7-5-4-6-8-18/h4-12,19,21H,13-16H2,1-3H3/t19-,21+/m0/s1. The Kier molecular flexibility index (Phi) is 7.19. The first kappa shape index (κ1) is 22.3. The van der Waals surface area contributed by atoms with Gasteiger partial charge in [-0.05, 0) is 62.8 Å². The van der Waals surface area contributed by atoms with E-state index in [4.69, 9.17) is 9.47 Å². The molecule has 0 unspecified atom stereocenters. The molecule has 0 radical (unpaired) electrons. The molecule has 2 aromatic rings. The summed E-state index contributed by atoms with van der Waals surface area (Å²) in [5.74, 6) is -0.226. The van der Waals surface area contributed by atoms with E-state index in [1.165, 1.54) is 10.5 Å². The summed E-state index contributed by atoms with van der Waals surface area (Å²) < 4.78 is 12.1. The van der Waals surface area contributed by atoms with Gasteiger partial charge in [0.15, 0.2) is 0 Å². The van der Waals surface area contributed by atoms with Crippen molar-refractivity contribution in [2.24, 2.45) is 5.92 Å². The zero-order chi connectivity index (χ0) is 21.7. The SMILES string of the molecule is CC(C)(C)OC(=O)N1C[C@@H](Cc2ccc(Br)cc2)C[C@@H]1C(=O)OCc1ccccc1. The van der Waals surface area contributed by atoms with Gasteiger partial charge >= 0.3 is 12.1 Å². The molecule has 0 aromatic heterocycles. The third-order valence-corrected chi connectivity index (χ3v) is 5.48. The zero-order valence-electron chi connectivity index (χ0n) is 17.6. The summed E-state index contributed by atoms with van der Waals surface area (Å²) in [4.78, 5) is 27.2. The van der Waals surface area contributed by atoms with E-state index < -0.39 is 17.7 Å². The Hall–Kier alpha value is -2.34. The first-order chi connectivity index (χ1) is 14.2. The lowest BCUT2D eigenvalue weighted by molar-refractivity contribution is -0.150. The van der Waals surface area contributed by atoms with Gasteiger partial charge < -0.3 is 9.47 Å². The fourth-order valence-corrected chi connectivity index (χ4v) is 3.86. The van der Waals surface area contributed by atoms with E-state index in [1.807, 2.05) is 63.2 Å². The second-order valence-corrected chi connectivity index (χ2v) is 9.59. The number of ether oxygens (including phenoxy) is 2. The van der Waals surface area contributed by atoms with Gasteiger partial charge in [0, 0.05) is 11.0 Å². The van der Waals surface area contributed by atoms with Crippen molar-refractivity contribution in [3.63, 3.8) is 0 Å². The van der Waals surface area contributed by atoms with Crippen LogP contribution in [-0.4, -0.2) is 35.2 Å². The maximum Gasteiger partial charge on any atom is 0.411 e. The quantitative estimate of drug-likeness (QED) is 0.548. The van der Waals surface area contributed by atoms with Gasteiger partial charge in [0.1, 0.15) is 18.2 Å². The molecule has 30 heavy (non-hydrogen) atoms. The highest BCUT2D eigenvalue weighted by Crippen LogP contribution is 2.29. The number of hydrogen-bond donors (Lipinski definition) is 0. The summed E-state index contributed by atoms with van der Waals surface area (Å²) in [6.07, 6.45) is 0.875. The van der Waals surface area contributed by atoms with Crippen LogP contribution >= 0.6 is 15.9 Å². The number of carbonyl (C=O) groups excluding carboxylic acids is 2. The first-order valence-corrected chi connectivity index (χ1v) is 11.0. The molecule has 1 heterocycles. The van der Waals surface area contributed by atoms with Gasteiger partial charge in [0.25, 0.3) is 0 Å². The molecule has 1 amide bonds. The maximum atomic E-state index is 12.9. The Morgan fingerprint density at radius 2 is 1.70 bits per heavy atom. The number of nitrogens with zero attached hydrogens (tertiary/aromatic N) is 1. The fraction of sp³-hybridized carbons (Fsp3) is 0.417. The fourth-order valence-electron chi connectivity index (χ4n) is 3.60. The minimum atomic E-state index is -0.635. The number of benzene rings is 2. The molecule has 6 heteroatoms. The molecule has 0 N–H and O–H groups in total. The van der Waals surface area contributed by atoms with Crippen LogP contribution in [-0.2, 0) is 27.3 Å². The molecule has 2 atom stereocenters. The van der Waals surface area contributed by atoms with Gasteiger partial charge in [0.2, 0.25) is 0 Å². The Morgan fingerprint density at radius 1 is 1.03 bits per heavy atom. The molecule has 2 aromatic carbocycles. The van der Waals surface area contributed by atoms with Gasteiger partial charge in [-0.15, -0.1) is 0 Å². The Bertz CT molecular complexity index is 861. The number of esters is 1. The van der Waals surface area contributed by atoms with Crippen molar-refractivity contribution < 1.29 is 19.1 Å². The Balaban J connectivity index is 1.70. The highest BCUT2D eigenvalue weighted by molar-refractivity contribution is 9.10. The van der Waals surface area contributed by atoms with Crippen LogP contribution in [0.2, 0.25) is 0 Å². The van der Waals surface area contributed by atoms with E-state index in [0.29, 0.717) is 13.0 Å². The van der Waals surface area contributed by atoms with Gasteiger partial charge in [0.05, 0.1) is 0 Å². The minimum Gasteiger partial charge on any atom is -0.459 e. The summed E-state index contributed by atoms with van der Waals surface area (Å²) in [7, 11) is 0. The number of likely N-dealkylation sites (tertiary alicyclic amines) is 1. The molecule has 3 rings (SSSR count). The monoisotopic (exact) mass is 473 g/mol. The van der Waals surface area contributed by atoms with Gasteiger partial charge in [-0.25, -0.2) is 9.59 Å². The zero-order valence-corrected chi connectivity index (χ0v) is 19.2. The molecule has 0 saturated carbocycles. The molecule has 0 spiro atoms. The summed E-state index contributed by atoms with van der Waals surface area (Å²) in [6, 6.07) is 17.0. The summed E-state index contributed by atoms with van der Waals surface area (Å²) >= 11 is 3.45. The molecule has 0 aliphatic carbocycles. The minimum absolute atomic E-state index is 0.160. The van der Waals surface area contributed by atoms with Crippen molar-refractivity contribution in [3.8, 4) is 0 Å².